The monoisotopic (exact) mass is 355 g/mol. The summed E-state index contributed by atoms with van der Waals surface area (Å²) in [5.74, 6) is 1.85. The maximum absolute atomic E-state index is 5.18. The molecule has 0 fully saturated rings. The molecule has 0 unspecified atom stereocenters. The second kappa shape index (κ2) is 7.46. The van der Waals surface area contributed by atoms with E-state index in [1.807, 2.05) is 55.6 Å². The average molecular weight is 355 g/mol. The first-order chi connectivity index (χ1) is 13.2. The summed E-state index contributed by atoms with van der Waals surface area (Å²) >= 11 is 0. The van der Waals surface area contributed by atoms with E-state index in [1.54, 1.807) is 7.11 Å². The molecule has 0 atom stereocenters. The molecule has 0 N–H and O–H groups in total. The fourth-order valence-corrected chi connectivity index (χ4v) is 3.12. The Labute approximate surface area is 158 Å². The second-order valence-electron chi connectivity index (χ2n) is 6.44. The molecule has 4 heteroatoms. The van der Waals surface area contributed by atoms with E-state index in [0.29, 0.717) is 0 Å². The molecule has 1 aromatic heterocycles. The van der Waals surface area contributed by atoms with Gasteiger partial charge in [-0.2, -0.15) is 0 Å². The minimum atomic E-state index is 0.817. The Bertz CT molecular complexity index is 1080. The van der Waals surface area contributed by atoms with Crippen molar-refractivity contribution in [2.24, 2.45) is 4.99 Å². The van der Waals surface area contributed by atoms with Gasteiger partial charge >= 0.3 is 0 Å². The molecular formula is C23H21N3O. The highest BCUT2D eigenvalue weighted by Crippen LogP contribution is 2.23. The third-order valence-corrected chi connectivity index (χ3v) is 4.58. The van der Waals surface area contributed by atoms with E-state index in [2.05, 4.69) is 39.9 Å². The van der Waals surface area contributed by atoms with Gasteiger partial charge in [-0.25, -0.2) is 4.98 Å². The highest BCUT2D eigenvalue weighted by atomic mass is 16.5. The molecule has 4 aromatic rings. The summed E-state index contributed by atoms with van der Waals surface area (Å²) in [6.45, 7) is 2.86. The minimum absolute atomic E-state index is 0.817. The smallest absolute Gasteiger partial charge is 0.118 e. The molecule has 0 radical (unpaired) electrons. The quantitative estimate of drug-likeness (QED) is 0.464. The lowest BCUT2D eigenvalue weighted by atomic mass is 10.2. The van der Waals surface area contributed by atoms with Crippen LogP contribution >= 0.6 is 0 Å². The Morgan fingerprint density at radius 1 is 1.00 bits per heavy atom. The number of aryl methyl sites for hydroxylation is 1. The highest BCUT2D eigenvalue weighted by molar-refractivity contribution is 5.85. The maximum atomic E-state index is 5.18. The standard InChI is InChI=1S/C23H21N3O/c1-17-25-22-14-20(24-15-18-8-11-21(27-2)12-9-18)10-13-23(22)26(17)16-19-6-4-3-5-7-19/h3-15H,16H2,1-2H3. The van der Waals surface area contributed by atoms with E-state index < -0.39 is 0 Å². The predicted octanol–water partition coefficient (Wildman–Crippen LogP) is 5.15. The summed E-state index contributed by atoms with van der Waals surface area (Å²) in [5.41, 5.74) is 5.28. The van der Waals surface area contributed by atoms with Crippen LogP contribution in [-0.2, 0) is 6.54 Å². The molecule has 27 heavy (non-hydrogen) atoms. The molecule has 0 aliphatic rings. The summed E-state index contributed by atoms with van der Waals surface area (Å²) in [4.78, 5) is 9.31. The summed E-state index contributed by atoms with van der Waals surface area (Å²) in [5, 5.41) is 0. The van der Waals surface area contributed by atoms with Crippen LogP contribution in [-0.4, -0.2) is 22.9 Å². The Morgan fingerprint density at radius 3 is 2.52 bits per heavy atom. The number of aromatic nitrogens is 2. The first-order valence-corrected chi connectivity index (χ1v) is 8.92. The Kier molecular flexibility index (Phi) is 4.71. The zero-order chi connectivity index (χ0) is 18.6. The van der Waals surface area contributed by atoms with Crippen LogP contribution in [0.15, 0.2) is 77.8 Å². The van der Waals surface area contributed by atoms with E-state index in [4.69, 9.17) is 9.72 Å². The summed E-state index contributed by atoms with van der Waals surface area (Å²) in [6.07, 6.45) is 1.86. The zero-order valence-electron chi connectivity index (χ0n) is 15.5. The SMILES string of the molecule is COc1ccc(C=Nc2ccc3c(c2)nc(C)n3Cc2ccccc2)cc1. The molecular weight excluding hydrogens is 334 g/mol. The van der Waals surface area contributed by atoms with Crippen LogP contribution in [0.4, 0.5) is 5.69 Å². The summed E-state index contributed by atoms with van der Waals surface area (Å²) < 4.78 is 7.42. The number of ether oxygens (including phenoxy) is 1. The lowest BCUT2D eigenvalue weighted by Gasteiger charge is -2.07. The zero-order valence-corrected chi connectivity index (χ0v) is 15.5. The molecule has 0 saturated carbocycles. The van der Waals surface area contributed by atoms with Gasteiger partial charge in [0.2, 0.25) is 0 Å². The number of rotatable bonds is 5. The third kappa shape index (κ3) is 3.75. The second-order valence-corrected chi connectivity index (χ2v) is 6.44. The molecule has 0 amide bonds. The lowest BCUT2D eigenvalue weighted by Crippen LogP contribution is -2.01. The first kappa shape index (κ1) is 17.0. The minimum Gasteiger partial charge on any atom is -0.497 e. The molecule has 0 saturated heterocycles. The lowest BCUT2D eigenvalue weighted by molar-refractivity contribution is 0.415. The number of fused-ring (bicyclic) bond motifs is 1. The van der Waals surface area contributed by atoms with E-state index in [9.17, 15) is 0 Å². The number of nitrogens with zero attached hydrogens (tertiary/aromatic N) is 3. The first-order valence-electron chi connectivity index (χ1n) is 8.92. The van der Waals surface area contributed by atoms with Crippen LogP contribution < -0.4 is 4.74 Å². The molecule has 1 heterocycles. The van der Waals surface area contributed by atoms with Crippen molar-refractivity contribution in [2.45, 2.75) is 13.5 Å². The molecule has 0 aliphatic heterocycles. The van der Waals surface area contributed by atoms with E-state index in [0.717, 1.165) is 40.4 Å². The van der Waals surface area contributed by atoms with E-state index >= 15 is 0 Å². The van der Waals surface area contributed by atoms with Crippen LogP contribution in [0.1, 0.15) is 17.0 Å². The molecule has 134 valence electrons. The van der Waals surface area contributed by atoms with Gasteiger partial charge < -0.3 is 9.30 Å². The normalized spacial score (nSPS) is 11.3. The van der Waals surface area contributed by atoms with Crippen molar-refractivity contribution >= 4 is 22.9 Å². The van der Waals surface area contributed by atoms with Gasteiger partial charge in [-0.15, -0.1) is 0 Å². The number of benzene rings is 3. The number of methoxy groups -OCH3 is 1. The highest BCUT2D eigenvalue weighted by Gasteiger charge is 2.08. The van der Waals surface area contributed by atoms with Crippen LogP contribution in [0.25, 0.3) is 11.0 Å². The summed E-state index contributed by atoms with van der Waals surface area (Å²) in [6, 6.07) is 24.4. The van der Waals surface area contributed by atoms with Crippen LogP contribution in [0.3, 0.4) is 0 Å². The molecule has 3 aromatic carbocycles. The van der Waals surface area contributed by atoms with Crippen LogP contribution in [0, 0.1) is 6.92 Å². The van der Waals surface area contributed by atoms with Gasteiger partial charge in [-0.1, -0.05) is 30.3 Å². The van der Waals surface area contributed by atoms with Crippen molar-refractivity contribution in [1.82, 2.24) is 9.55 Å². The van der Waals surface area contributed by atoms with Gasteiger partial charge in [0, 0.05) is 12.8 Å². The van der Waals surface area contributed by atoms with Gasteiger partial charge in [0.15, 0.2) is 0 Å². The van der Waals surface area contributed by atoms with Gasteiger partial charge in [0.05, 0.1) is 23.8 Å². The van der Waals surface area contributed by atoms with Crippen LogP contribution in [0.5, 0.6) is 5.75 Å². The van der Waals surface area contributed by atoms with E-state index in [-0.39, 0.29) is 0 Å². The predicted molar refractivity (Wildman–Crippen MR) is 110 cm³/mol. The Morgan fingerprint density at radius 2 is 1.78 bits per heavy atom. The van der Waals surface area contributed by atoms with Crippen molar-refractivity contribution < 1.29 is 4.74 Å². The van der Waals surface area contributed by atoms with Crippen molar-refractivity contribution in [1.29, 1.82) is 0 Å². The van der Waals surface area contributed by atoms with Crippen LogP contribution in [0.2, 0.25) is 0 Å². The largest absolute Gasteiger partial charge is 0.497 e. The Hall–Kier alpha value is -3.40. The number of aliphatic imine (C=N–C) groups is 1. The molecule has 0 spiro atoms. The van der Waals surface area contributed by atoms with Crippen molar-refractivity contribution in [3.05, 3.63) is 89.7 Å². The third-order valence-electron chi connectivity index (χ3n) is 4.58. The molecule has 4 rings (SSSR count). The van der Waals surface area contributed by atoms with Gasteiger partial charge in [-0.3, -0.25) is 4.99 Å². The van der Waals surface area contributed by atoms with Gasteiger partial charge in [0.1, 0.15) is 11.6 Å². The molecule has 4 nitrogen and oxygen atoms in total. The fourth-order valence-electron chi connectivity index (χ4n) is 3.12. The van der Waals surface area contributed by atoms with Crippen molar-refractivity contribution in [2.75, 3.05) is 7.11 Å². The van der Waals surface area contributed by atoms with Gasteiger partial charge in [0.25, 0.3) is 0 Å². The fraction of sp³-hybridized carbons (Fsp3) is 0.130. The number of hydrogen-bond donors (Lipinski definition) is 0. The summed E-state index contributed by atoms with van der Waals surface area (Å²) in [7, 11) is 1.66. The van der Waals surface area contributed by atoms with Crippen molar-refractivity contribution in [3.8, 4) is 5.75 Å². The topological polar surface area (TPSA) is 39.4 Å². The van der Waals surface area contributed by atoms with Crippen molar-refractivity contribution in [3.63, 3.8) is 0 Å². The van der Waals surface area contributed by atoms with Gasteiger partial charge in [-0.05, 0) is 60.5 Å². The number of imidazole rings is 1. The molecule has 0 bridgehead atoms. The average Bonchev–Trinajstić information content (AvgIpc) is 3.02. The Balaban J connectivity index is 1.60. The maximum Gasteiger partial charge on any atom is 0.118 e. The van der Waals surface area contributed by atoms with E-state index in [1.165, 1.54) is 5.56 Å². The molecule has 0 aliphatic carbocycles. The number of hydrogen-bond acceptors (Lipinski definition) is 3.